The largest absolute Gasteiger partial charge is 0.510 e. The van der Waals surface area contributed by atoms with Crippen LogP contribution in [0, 0.1) is 0 Å². The van der Waals surface area contributed by atoms with Gasteiger partial charge in [0, 0.05) is 18.1 Å². The number of ether oxygens (including phenoxy) is 4. The van der Waals surface area contributed by atoms with Crippen LogP contribution in [0.2, 0.25) is 0 Å². The van der Waals surface area contributed by atoms with Gasteiger partial charge in [0.1, 0.15) is 6.73 Å². The Hall–Kier alpha value is -2.63. The fourth-order valence-corrected chi connectivity index (χ4v) is 3.67. The van der Waals surface area contributed by atoms with Crippen molar-refractivity contribution in [1.29, 1.82) is 0 Å². The molecule has 0 spiro atoms. The van der Waals surface area contributed by atoms with Gasteiger partial charge in [0.2, 0.25) is 13.6 Å². The van der Waals surface area contributed by atoms with Crippen LogP contribution < -0.4 is 0 Å². The minimum Gasteiger partial charge on any atom is -0.435 e. The number of carbonyl (C=O) groups excluding carboxylic acids is 2. The Morgan fingerprint density at radius 3 is 2.06 bits per heavy atom. The molecule has 0 unspecified atom stereocenters. The number of benzene rings is 1. The normalized spacial score (nSPS) is 11.6. The number of hydrogen-bond donors (Lipinski definition) is 0. The van der Waals surface area contributed by atoms with E-state index in [1.165, 1.54) is 0 Å². The summed E-state index contributed by atoms with van der Waals surface area (Å²) in [7, 11) is -0.349. The maximum Gasteiger partial charge on any atom is 0.510 e. The van der Waals surface area contributed by atoms with Crippen LogP contribution in [0.4, 0.5) is 9.59 Å². The van der Waals surface area contributed by atoms with Crippen molar-refractivity contribution in [3.8, 4) is 0 Å². The van der Waals surface area contributed by atoms with Crippen LogP contribution >= 0.6 is 7.82 Å². The fourth-order valence-electron chi connectivity index (χ4n) is 2.81. The third kappa shape index (κ3) is 8.96. The predicted octanol–water partition coefficient (Wildman–Crippen LogP) is 4.12. The van der Waals surface area contributed by atoms with Gasteiger partial charge in [0.05, 0.1) is 18.7 Å². The molecule has 2 rings (SSSR count). The summed E-state index contributed by atoms with van der Waals surface area (Å²) in [6.45, 7) is 2.47. The summed E-state index contributed by atoms with van der Waals surface area (Å²) >= 11 is 0. The highest BCUT2D eigenvalue weighted by atomic mass is 31.2. The molecule has 0 aliphatic carbocycles. The van der Waals surface area contributed by atoms with Crippen LogP contribution in [0.15, 0.2) is 30.5 Å². The zero-order valence-electron chi connectivity index (χ0n) is 19.8. The van der Waals surface area contributed by atoms with Crippen molar-refractivity contribution in [1.82, 2.24) is 9.47 Å². The predicted molar refractivity (Wildman–Crippen MR) is 121 cm³/mol. The first-order chi connectivity index (χ1) is 16.3. The van der Waals surface area contributed by atoms with Gasteiger partial charge in [-0.15, -0.1) is 0 Å². The number of nitrogens with zero attached hydrogens (tertiary/aromatic N) is 2. The Balaban J connectivity index is 2.10. The van der Waals surface area contributed by atoms with E-state index in [2.05, 4.69) is 23.8 Å². The van der Waals surface area contributed by atoms with Gasteiger partial charge < -0.3 is 28.4 Å². The first-order valence-electron chi connectivity index (χ1n) is 10.6. The fraction of sp³-hybridized carbons (Fsp3) is 0.524. The van der Waals surface area contributed by atoms with E-state index >= 15 is 0 Å². The number of rotatable bonds is 14. The van der Waals surface area contributed by atoms with E-state index in [1.54, 1.807) is 18.4 Å². The van der Waals surface area contributed by atoms with Gasteiger partial charge in [-0.1, -0.05) is 18.2 Å². The Morgan fingerprint density at radius 1 is 0.912 bits per heavy atom. The Kier molecular flexibility index (Phi) is 11.3. The van der Waals surface area contributed by atoms with Crippen molar-refractivity contribution in [3.63, 3.8) is 0 Å². The number of fused-ring (bicyclic) bond motifs is 1. The number of phosphoric acid groups is 1. The molecule has 2 aromatic rings. The molecule has 0 N–H and O–H groups in total. The monoisotopic (exact) mass is 502 g/mol. The molecule has 1 aromatic carbocycles. The van der Waals surface area contributed by atoms with Gasteiger partial charge in [0.15, 0.2) is 0 Å². The van der Waals surface area contributed by atoms with Crippen molar-refractivity contribution >= 4 is 31.0 Å². The molecular weight excluding hydrogens is 471 g/mol. The van der Waals surface area contributed by atoms with Crippen molar-refractivity contribution in [2.45, 2.75) is 27.0 Å². The quantitative estimate of drug-likeness (QED) is 0.210. The molecule has 0 bridgehead atoms. The first kappa shape index (κ1) is 27.6. The molecule has 0 fully saturated rings. The Labute approximate surface area is 198 Å². The lowest BCUT2D eigenvalue weighted by molar-refractivity contribution is -0.0410. The maximum absolute atomic E-state index is 13.1. The van der Waals surface area contributed by atoms with Gasteiger partial charge in [-0.2, -0.15) is 0 Å². The van der Waals surface area contributed by atoms with E-state index in [9.17, 15) is 14.2 Å². The third-order valence-electron chi connectivity index (χ3n) is 4.35. The van der Waals surface area contributed by atoms with Crippen molar-refractivity contribution in [3.05, 3.63) is 36.0 Å². The summed E-state index contributed by atoms with van der Waals surface area (Å²) in [5.74, 6) is 0. The average molecular weight is 502 g/mol. The van der Waals surface area contributed by atoms with Gasteiger partial charge in [-0.05, 0) is 46.0 Å². The number of aromatic nitrogens is 1. The number of carbonyl (C=O) groups is 2. The number of phosphoric ester groups is 1. The van der Waals surface area contributed by atoms with Crippen LogP contribution in [0.5, 0.6) is 0 Å². The summed E-state index contributed by atoms with van der Waals surface area (Å²) in [5, 5.41) is 1.03. The molecular formula is C21H31N2O10P. The van der Waals surface area contributed by atoms with E-state index in [0.717, 1.165) is 29.4 Å². The highest BCUT2D eigenvalue weighted by molar-refractivity contribution is 7.48. The molecule has 0 radical (unpaired) electrons. The molecule has 13 heteroatoms. The molecule has 0 saturated carbocycles. The van der Waals surface area contributed by atoms with Gasteiger partial charge in [0.25, 0.3) is 0 Å². The molecule has 190 valence electrons. The minimum atomic E-state index is -4.33. The second kappa shape index (κ2) is 13.9. The molecule has 0 aliphatic rings. The van der Waals surface area contributed by atoms with E-state index < -0.39 is 33.7 Å². The number of likely N-dealkylation sites (N-methyl/N-ethyl adjacent to an activating group) is 1. The van der Waals surface area contributed by atoms with Crippen molar-refractivity contribution in [2.24, 2.45) is 0 Å². The SMILES string of the molecule is CCOC(=O)OCOP(=O)(OCOC(=O)OCC)OCn1cc(CCN(C)C)c2ccccc21. The summed E-state index contributed by atoms with van der Waals surface area (Å²) in [4.78, 5) is 24.8. The first-order valence-corrected chi connectivity index (χ1v) is 12.1. The minimum absolute atomic E-state index is 0.0910. The lowest BCUT2D eigenvalue weighted by Gasteiger charge is -2.18. The maximum atomic E-state index is 13.1. The standard InChI is InChI=1S/C21H31N2O10P/c1-5-27-20(24)29-15-32-34(26,33-16-30-21(25)28-6-2)31-14-23-13-17(11-12-22(3)4)18-9-7-8-10-19(18)23/h7-10,13H,5-6,11-12,14-16H2,1-4H3. The second-order valence-electron chi connectivity index (χ2n) is 7.05. The summed E-state index contributed by atoms with van der Waals surface area (Å²) < 4.78 is 48.9. The number of para-hydroxylation sites is 1. The van der Waals surface area contributed by atoms with E-state index in [4.69, 9.17) is 13.6 Å². The topological polar surface area (TPSA) is 124 Å². The highest BCUT2D eigenvalue weighted by Gasteiger charge is 2.29. The van der Waals surface area contributed by atoms with Gasteiger partial charge in [-0.3, -0.25) is 4.52 Å². The summed E-state index contributed by atoms with van der Waals surface area (Å²) in [5.41, 5.74) is 1.94. The van der Waals surface area contributed by atoms with E-state index in [1.807, 2.05) is 44.6 Å². The molecule has 1 heterocycles. The Morgan fingerprint density at radius 2 is 1.50 bits per heavy atom. The van der Waals surface area contributed by atoms with Gasteiger partial charge >= 0.3 is 20.1 Å². The van der Waals surface area contributed by atoms with Crippen LogP contribution in [0.25, 0.3) is 10.9 Å². The average Bonchev–Trinajstić information content (AvgIpc) is 3.15. The van der Waals surface area contributed by atoms with E-state index in [0.29, 0.717) is 0 Å². The van der Waals surface area contributed by atoms with Crippen molar-refractivity contribution < 1.29 is 46.7 Å². The van der Waals surface area contributed by atoms with Gasteiger partial charge in [-0.25, -0.2) is 23.2 Å². The molecule has 34 heavy (non-hydrogen) atoms. The van der Waals surface area contributed by atoms with Crippen LogP contribution in [0.1, 0.15) is 19.4 Å². The van der Waals surface area contributed by atoms with Crippen LogP contribution in [-0.4, -0.2) is 69.2 Å². The van der Waals surface area contributed by atoms with E-state index in [-0.39, 0.29) is 19.9 Å². The lowest BCUT2D eigenvalue weighted by atomic mass is 10.1. The smallest absolute Gasteiger partial charge is 0.435 e. The zero-order chi connectivity index (χ0) is 25.0. The zero-order valence-corrected chi connectivity index (χ0v) is 20.7. The molecule has 1 aromatic heterocycles. The molecule has 12 nitrogen and oxygen atoms in total. The number of hydrogen-bond acceptors (Lipinski definition) is 11. The Bertz CT molecular complexity index is 950. The molecule has 0 saturated heterocycles. The second-order valence-corrected chi connectivity index (χ2v) is 8.72. The van der Waals surface area contributed by atoms with Crippen LogP contribution in [0.3, 0.4) is 0 Å². The third-order valence-corrected chi connectivity index (χ3v) is 5.63. The molecule has 0 aliphatic heterocycles. The summed E-state index contributed by atoms with van der Waals surface area (Å²) in [6.07, 6.45) is 0.659. The lowest BCUT2D eigenvalue weighted by Crippen LogP contribution is -2.15. The highest BCUT2D eigenvalue weighted by Crippen LogP contribution is 2.50. The molecule has 0 amide bonds. The van der Waals surface area contributed by atoms with Crippen molar-refractivity contribution in [2.75, 3.05) is 47.4 Å². The summed E-state index contributed by atoms with van der Waals surface area (Å²) in [6, 6.07) is 7.70. The van der Waals surface area contributed by atoms with Crippen LogP contribution in [-0.2, 0) is 50.2 Å². The molecule has 0 atom stereocenters.